The zero-order chi connectivity index (χ0) is 29.6. The van der Waals surface area contributed by atoms with E-state index in [1.165, 1.54) is 18.2 Å². The number of nitriles is 1. The van der Waals surface area contributed by atoms with E-state index in [-0.39, 0.29) is 43.5 Å². The number of nitrogens with zero attached hydrogens (tertiary/aromatic N) is 6. The molecule has 1 aromatic heterocycles. The van der Waals surface area contributed by atoms with Gasteiger partial charge < -0.3 is 34.8 Å². The van der Waals surface area contributed by atoms with E-state index in [0.29, 0.717) is 30.5 Å². The highest BCUT2D eigenvalue weighted by molar-refractivity contribution is 5.80. The van der Waals surface area contributed by atoms with Crippen molar-refractivity contribution in [2.24, 2.45) is 0 Å². The molecule has 0 aliphatic carbocycles. The lowest BCUT2D eigenvalue weighted by Crippen LogP contribution is -2.51. The molecule has 3 N–H and O–H groups in total. The lowest BCUT2D eigenvalue weighted by molar-refractivity contribution is -0.143. The first kappa shape index (κ1) is 29.1. The fourth-order valence-electron chi connectivity index (χ4n) is 4.95. The Kier molecular flexibility index (Phi) is 9.06. The molecule has 2 fully saturated rings. The monoisotopic (exact) mass is 577 g/mol. The molecule has 0 spiro atoms. The van der Waals surface area contributed by atoms with Crippen LogP contribution in [0.1, 0.15) is 18.9 Å². The Balaban J connectivity index is 1.24. The van der Waals surface area contributed by atoms with E-state index in [0.717, 1.165) is 17.9 Å². The van der Waals surface area contributed by atoms with Gasteiger partial charge in [0, 0.05) is 43.0 Å². The van der Waals surface area contributed by atoms with Crippen molar-refractivity contribution >= 4 is 23.2 Å². The summed E-state index contributed by atoms with van der Waals surface area (Å²) in [5.74, 6) is 0.356. The number of amides is 1. The minimum absolute atomic E-state index is 0.0182. The molecule has 3 aromatic rings. The van der Waals surface area contributed by atoms with Crippen LogP contribution in [0.5, 0.6) is 5.75 Å². The van der Waals surface area contributed by atoms with Crippen LogP contribution >= 0.6 is 0 Å². The number of aromatic nitrogens is 3. The highest BCUT2D eigenvalue weighted by atomic mass is 19.1. The summed E-state index contributed by atoms with van der Waals surface area (Å²) in [7, 11) is 0. The third-order valence-corrected chi connectivity index (χ3v) is 7.19. The first-order valence-corrected chi connectivity index (χ1v) is 13.7. The summed E-state index contributed by atoms with van der Waals surface area (Å²) in [6.45, 7) is 3.31. The summed E-state index contributed by atoms with van der Waals surface area (Å²) >= 11 is 0. The number of benzene rings is 2. The molecule has 0 saturated carbocycles. The Labute approximate surface area is 242 Å². The average molecular weight is 578 g/mol. The minimum atomic E-state index is -1.47. The first-order chi connectivity index (χ1) is 20.3. The maximum atomic E-state index is 14.8. The van der Waals surface area contributed by atoms with Gasteiger partial charge in [0.1, 0.15) is 30.4 Å². The molecule has 2 aliphatic heterocycles. The summed E-state index contributed by atoms with van der Waals surface area (Å²) in [6, 6.07) is 14.7. The van der Waals surface area contributed by atoms with Gasteiger partial charge in [0.25, 0.3) is 5.91 Å². The standard InChI is InChI=1S/C29H32FN7O5/c1-18(39)28(40)37-9-8-26(24(30)15-37)42-25-7-2-19(12-20(25)13-31)27-32-17-33-29(35-27)34-21-3-5-22(6-4-21)36-10-11-41-23(14-36)16-38/h2-7,12,17-18,23-24,26,38-39H,8-11,14-16H2,1H3,(H,32,33,34,35)/t18-,23-,24-,26-/m0/s1. The Morgan fingerprint density at radius 1 is 1.24 bits per heavy atom. The maximum Gasteiger partial charge on any atom is 0.251 e. The number of ether oxygens (including phenoxy) is 2. The van der Waals surface area contributed by atoms with E-state index in [1.807, 2.05) is 24.3 Å². The second-order valence-corrected chi connectivity index (χ2v) is 10.2. The van der Waals surface area contributed by atoms with Gasteiger partial charge in [0.15, 0.2) is 12.0 Å². The summed E-state index contributed by atoms with van der Waals surface area (Å²) < 4.78 is 26.2. The Morgan fingerprint density at radius 3 is 2.76 bits per heavy atom. The molecule has 5 rings (SSSR count). The predicted molar refractivity (Wildman–Crippen MR) is 151 cm³/mol. The number of likely N-dealkylation sites (tertiary alicyclic amines) is 1. The Bertz CT molecular complexity index is 1430. The molecule has 2 aromatic carbocycles. The molecule has 12 nitrogen and oxygen atoms in total. The number of aliphatic hydroxyl groups is 2. The van der Waals surface area contributed by atoms with Crippen LogP contribution in [0.25, 0.3) is 11.4 Å². The summed E-state index contributed by atoms with van der Waals surface area (Å²) in [4.78, 5) is 28.4. The number of halogens is 1. The Morgan fingerprint density at radius 2 is 2.05 bits per heavy atom. The molecule has 0 radical (unpaired) electrons. The van der Waals surface area contributed by atoms with Gasteiger partial charge in [-0.25, -0.2) is 14.4 Å². The molecular formula is C29H32FN7O5. The van der Waals surface area contributed by atoms with E-state index in [4.69, 9.17) is 9.47 Å². The number of carbonyl (C=O) groups is 1. The van der Waals surface area contributed by atoms with Crippen molar-refractivity contribution in [1.29, 1.82) is 5.26 Å². The number of nitrogens with one attached hydrogen (secondary N) is 1. The lowest BCUT2D eigenvalue weighted by Gasteiger charge is -2.35. The maximum absolute atomic E-state index is 14.8. The molecule has 42 heavy (non-hydrogen) atoms. The summed E-state index contributed by atoms with van der Waals surface area (Å²) in [5.41, 5.74) is 2.54. The van der Waals surface area contributed by atoms with Gasteiger partial charge >= 0.3 is 0 Å². The van der Waals surface area contributed by atoms with Crippen LogP contribution in [0.3, 0.4) is 0 Å². The second-order valence-electron chi connectivity index (χ2n) is 10.2. The van der Waals surface area contributed by atoms with Crippen molar-refractivity contribution < 1.29 is 28.9 Å². The number of rotatable bonds is 8. The predicted octanol–water partition coefficient (Wildman–Crippen LogP) is 2.05. The van der Waals surface area contributed by atoms with Gasteiger partial charge in [-0.05, 0) is 49.4 Å². The number of hydrogen-bond donors (Lipinski definition) is 3. The van der Waals surface area contributed by atoms with Crippen LogP contribution in [0, 0.1) is 11.3 Å². The molecule has 0 unspecified atom stereocenters. The van der Waals surface area contributed by atoms with Crippen molar-refractivity contribution in [1.82, 2.24) is 19.9 Å². The van der Waals surface area contributed by atoms with E-state index in [1.54, 1.807) is 18.2 Å². The van der Waals surface area contributed by atoms with E-state index >= 15 is 0 Å². The quantitative estimate of drug-likeness (QED) is 0.360. The zero-order valence-electron chi connectivity index (χ0n) is 23.1. The summed E-state index contributed by atoms with van der Waals surface area (Å²) in [5, 5.41) is 31.8. The van der Waals surface area contributed by atoms with Gasteiger partial charge in [0.2, 0.25) is 5.95 Å². The minimum Gasteiger partial charge on any atom is -0.486 e. The lowest BCUT2D eigenvalue weighted by atomic mass is 10.0. The number of hydrogen-bond acceptors (Lipinski definition) is 11. The molecule has 13 heteroatoms. The molecule has 2 saturated heterocycles. The largest absolute Gasteiger partial charge is 0.486 e. The number of morpholine rings is 1. The smallest absolute Gasteiger partial charge is 0.251 e. The SMILES string of the molecule is C[C@H](O)C(=O)N1CC[C@H](Oc2ccc(-c3ncnc(Nc4ccc(N5CCO[C@H](CO)C5)cc4)n3)cc2C#N)[C@@H](F)C1. The van der Waals surface area contributed by atoms with Gasteiger partial charge in [0.05, 0.1) is 31.4 Å². The molecule has 220 valence electrons. The van der Waals surface area contributed by atoms with Crippen molar-refractivity contribution in [2.75, 3.05) is 49.6 Å². The van der Waals surface area contributed by atoms with Crippen LogP contribution in [0.2, 0.25) is 0 Å². The summed E-state index contributed by atoms with van der Waals surface area (Å²) in [6.07, 6.45) is -2.10. The highest BCUT2D eigenvalue weighted by Crippen LogP contribution is 2.29. The fourth-order valence-corrected chi connectivity index (χ4v) is 4.95. The Hall–Kier alpha value is -4.38. The molecule has 1 amide bonds. The molecule has 4 atom stereocenters. The average Bonchev–Trinajstić information content (AvgIpc) is 3.02. The van der Waals surface area contributed by atoms with E-state index < -0.39 is 24.3 Å². The van der Waals surface area contributed by atoms with Gasteiger partial charge in [-0.2, -0.15) is 10.2 Å². The first-order valence-electron chi connectivity index (χ1n) is 13.7. The number of anilines is 3. The molecular weight excluding hydrogens is 545 g/mol. The van der Waals surface area contributed by atoms with Gasteiger partial charge in [-0.3, -0.25) is 4.79 Å². The number of aliphatic hydroxyl groups excluding tert-OH is 2. The van der Waals surface area contributed by atoms with Crippen LogP contribution < -0.4 is 15.0 Å². The van der Waals surface area contributed by atoms with Crippen LogP contribution in [-0.4, -0.2) is 99.8 Å². The topological polar surface area (TPSA) is 157 Å². The van der Waals surface area contributed by atoms with Crippen molar-refractivity contribution in [2.45, 2.75) is 37.8 Å². The van der Waals surface area contributed by atoms with Crippen LogP contribution in [0.4, 0.5) is 21.7 Å². The van der Waals surface area contributed by atoms with Crippen LogP contribution in [-0.2, 0) is 9.53 Å². The number of alkyl halides is 1. The van der Waals surface area contributed by atoms with Crippen molar-refractivity contribution in [3.63, 3.8) is 0 Å². The third kappa shape index (κ3) is 6.73. The van der Waals surface area contributed by atoms with Gasteiger partial charge in [-0.15, -0.1) is 0 Å². The van der Waals surface area contributed by atoms with E-state index in [9.17, 15) is 24.7 Å². The number of carbonyl (C=O) groups excluding carboxylic acids is 1. The van der Waals surface area contributed by atoms with Crippen molar-refractivity contribution in [3.05, 3.63) is 54.4 Å². The number of piperidine rings is 1. The molecule has 3 heterocycles. The zero-order valence-corrected chi connectivity index (χ0v) is 23.1. The van der Waals surface area contributed by atoms with Crippen LogP contribution in [0.15, 0.2) is 48.8 Å². The molecule has 0 bridgehead atoms. The molecule has 2 aliphatic rings. The third-order valence-electron chi connectivity index (χ3n) is 7.19. The van der Waals surface area contributed by atoms with E-state index in [2.05, 4.69) is 31.2 Å². The van der Waals surface area contributed by atoms with Gasteiger partial charge in [-0.1, -0.05) is 0 Å². The van der Waals surface area contributed by atoms with Crippen molar-refractivity contribution in [3.8, 4) is 23.2 Å². The highest BCUT2D eigenvalue weighted by Gasteiger charge is 2.34. The normalized spacial score (nSPS) is 21.4. The second kappa shape index (κ2) is 13.1. The fraction of sp³-hybridized carbons (Fsp3) is 0.414.